The standard InChI is InChI=1S/C18H23F3N2O3/c1-12(14-5-3-4-6-15(14)18(19,20)21)22-17(25)13-7-9-23(10-8-13)16(24)11-26-2/h3-6,12-13H,7-11H2,1-2H3,(H,22,25). The van der Waals surface area contributed by atoms with E-state index in [-0.39, 0.29) is 29.9 Å². The Balaban J connectivity index is 1.96. The molecule has 1 aromatic rings. The number of nitrogens with one attached hydrogen (secondary N) is 1. The monoisotopic (exact) mass is 372 g/mol. The smallest absolute Gasteiger partial charge is 0.375 e. The number of benzene rings is 1. The van der Waals surface area contributed by atoms with Gasteiger partial charge in [0.1, 0.15) is 6.61 Å². The van der Waals surface area contributed by atoms with Crippen LogP contribution in [0.4, 0.5) is 13.2 Å². The lowest BCUT2D eigenvalue weighted by Gasteiger charge is -2.32. The minimum atomic E-state index is -4.47. The number of nitrogens with zero attached hydrogens (tertiary/aromatic N) is 1. The highest BCUT2D eigenvalue weighted by Crippen LogP contribution is 2.34. The number of amides is 2. The van der Waals surface area contributed by atoms with E-state index in [1.807, 2.05) is 0 Å². The molecule has 1 saturated heterocycles. The zero-order valence-corrected chi connectivity index (χ0v) is 14.8. The van der Waals surface area contributed by atoms with Crippen molar-refractivity contribution in [1.29, 1.82) is 0 Å². The Kier molecular flexibility index (Phi) is 6.63. The van der Waals surface area contributed by atoms with Gasteiger partial charge in [0.2, 0.25) is 11.8 Å². The van der Waals surface area contributed by atoms with E-state index < -0.39 is 17.8 Å². The predicted molar refractivity (Wildman–Crippen MR) is 89.2 cm³/mol. The molecule has 1 N–H and O–H groups in total. The molecule has 0 aromatic heterocycles. The number of alkyl halides is 3. The second-order valence-corrected chi connectivity index (χ2v) is 6.40. The van der Waals surface area contributed by atoms with Crippen LogP contribution >= 0.6 is 0 Å². The van der Waals surface area contributed by atoms with Crippen LogP contribution in [0.25, 0.3) is 0 Å². The summed E-state index contributed by atoms with van der Waals surface area (Å²) in [5.74, 6) is -0.728. The maximum absolute atomic E-state index is 13.1. The Bertz CT molecular complexity index is 641. The number of carbonyl (C=O) groups excluding carboxylic acids is 2. The third kappa shape index (κ3) is 4.97. The van der Waals surface area contributed by atoms with E-state index in [9.17, 15) is 22.8 Å². The van der Waals surface area contributed by atoms with Gasteiger partial charge in [-0.2, -0.15) is 13.2 Å². The third-order valence-corrected chi connectivity index (χ3v) is 4.58. The maximum atomic E-state index is 13.1. The maximum Gasteiger partial charge on any atom is 0.416 e. The van der Waals surface area contributed by atoms with Crippen LogP contribution in [0.1, 0.15) is 36.9 Å². The van der Waals surface area contributed by atoms with Gasteiger partial charge < -0.3 is 15.0 Å². The van der Waals surface area contributed by atoms with Crippen molar-refractivity contribution in [3.05, 3.63) is 35.4 Å². The number of methoxy groups -OCH3 is 1. The second kappa shape index (κ2) is 8.53. The summed E-state index contributed by atoms with van der Waals surface area (Å²) in [6.45, 7) is 2.42. The molecule has 1 heterocycles. The van der Waals surface area contributed by atoms with Crippen molar-refractivity contribution in [2.24, 2.45) is 5.92 Å². The van der Waals surface area contributed by atoms with Crippen molar-refractivity contribution in [3.8, 4) is 0 Å². The van der Waals surface area contributed by atoms with E-state index >= 15 is 0 Å². The van der Waals surface area contributed by atoms with Crippen LogP contribution in [0.3, 0.4) is 0 Å². The van der Waals surface area contributed by atoms with Gasteiger partial charge in [-0.05, 0) is 31.4 Å². The molecule has 0 saturated carbocycles. The van der Waals surface area contributed by atoms with Gasteiger partial charge >= 0.3 is 6.18 Å². The highest BCUT2D eigenvalue weighted by molar-refractivity contribution is 5.80. The molecule has 0 bridgehead atoms. The Morgan fingerprint density at radius 1 is 1.27 bits per heavy atom. The van der Waals surface area contributed by atoms with E-state index in [0.29, 0.717) is 25.9 Å². The fourth-order valence-electron chi connectivity index (χ4n) is 3.15. The average molecular weight is 372 g/mol. The molecule has 1 aliphatic rings. The summed E-state index contributed by atoms with van der Waals surface area (Å²) in [7, 11) is 1.44. The van der Waals surface area contributed by atoms with Crippen LogP contribution in [0.5, 0.6) is 0 Å². The van der Waals surface area contributed by atoms with Crippen molar-refractivity contribution in [2.75, 3.05) is 26.8 Å². The van der Waals surface area contributed by atoms with E-state index in [2.05, 4.69) is 5.32 Å². The number of piperidine rings is 1. The van der Waals surface area contributed by atoms with E-state index in [0.717, 1.165) is 6.07 Å². The molecule has 2 amide bonds. The number of likely N-dealkylation sites (tertiary alicyclic amines) is 1. The van der Waals surface area contributed by atoms with Crippen LogP contribution in [-0.2, 0) is 20.5 Å². The molecule has 144 valence electrons. The zero-order chi connectivity index (χ0) is 19.3. The van der Waals surface area contributed by atoms with Gasteiger partial charge in [0.15, 0.2) is 0 Å². The number of rotatable bonds is 5. The molecule has 1 unspecified atom stereocenters. The van der Waals surface area contributed by atoms with Crippen LogP contribution in [-0.4, -0.2) is 43.5 Å². The molecule has 0 spiro atoms. The normalized spacial score (nSPS) is 17.0. The summed E-state index contributed by atoms with van der Waals surface area (Å²) in [4.78, 5) is 25.8. The fourth-order valence-corrected chi connectivity index (χ4v) is 3.15. The Morgan fingerprint density at radius 3 is 2.46 bits per heavy atom. The van der Waals surface area contributed by atoms with Crippen LogP contribution in [0, 0.1) is 5.92 Å². The molecule has 0 aliphatic carbocycles. The first kappa shape index (κ1) is 20.2. The number of ether oxygens (including phenoxy) is 1. The largest absolute Gasteiger partial charge is 0.416 e. The van der Waals surface area contributed by atoms with Gasteiger partial charge in [-0.25, -0.2) is 0 Å². The molecule has 0 radical (unpaired) electrons. The fraction of sp³-hybridized carbons (Fsp3) is 0.556. The van der Waals surface area contributed by atoms with Crippen LogP contribution < -0.4 is 5.32 Å². The van der Waals surface area contributed by atoms with Crippen molar-refractivity contribution >= 4 is 11.8 Å². The van der Waals surface area contributed by atoms with Gasteiger partial charge in [0, 0.05) is 26.1 Å². The van der Waals surface area contributed by atoms with Crippen molar-refractivity contribution in [1.82, 2.24) is 10.2 Å². The Hall–Kier alpha value is -2.09. The molecule has 1 atom stereocenters. The summed E-state index contributed by atoms with van der Waals surface area (Å²) in [6, 6.07) is 4.48. The molecule has 26 heavy (non-hydrogen) atoms. The summed E-state index contributed by atoms with van der Waals surface area (Å²) < 4.78 is 44.2. The summed E-state index contributed by atoms with van der Waals surface area (Å²) >= 11 is 0. The van der Waals surface area contributed by atoms with E-state index in [1.165, 1.54) is 25.3 Å². The quantitative estimate of drug-likeness (QED) is 0.865. The molecule has 1 aromatic carbocycles. The first-order valence-corrected chi connectivity index (χ1v) is 8.47. The molecule has 2 rings (SSSR count). The first-order valence-electron chi connectivity index (χ1n) is 8.47. The van der Waals surface area contributed by atoms with Crippen LogP contribution in [0.15, 0.2) is 24.3 Å². The van der Waals surface area contributed by atoms with Gasteiger partial charge in [-0.1, -0.05) is 18.2 Å². The molecule has 5 nitrogen and oxygen atoms in total. The Morgan fingerprint density at radius 2 is 1.88 bits per heavy atom. The summed E-state index contributed by atoms with van der Waals surface area (Å²) in [6.07, 6.45) is -3.51. The van der Waals surface area contributed by atoms with Gasteiger partial charge in [-0.3, -0.25) is 9.59 Å². The highest BCUT2D eigenvalue weighted by atomic mass is 19.4. The lowest BCUT2D eigenvalue weighted by atomic mass is 9.94. The average Bonchev–Trinajstić information content (AvgIpc) is 2.61. The molecular formula is C18H23F3N2O3. The number of hydrogen-bond acceptors (Lipinski definition) is 3. The minimum Gasteiger partial charge on any atom is -0.375 e. The minimum absolute atomic E-state index is 0.00211. The van der Waals surface area contributed by atoms with Crippen LogP contribution in [0.2, 0.25) is 0 Å². The van der Waals surface area contributed by atoms with Crippen molar-refractivity contribution < 1.29 is 27.5 Å². The summed E-state index contributed by atoms with van der Waals surface area (Å²) in [5, 5.41) is 2.68. The van der Waals surface area contributed by atoms with E-state index in [1.54, 1.807) is 11.8 Å². The Labute approximate surface area is 150 Å². The zero-order valence-electron chi connectivity index (χ0n) is 14.8. The topological polar surface area (TPSA) is 58.6 Å². The molecular weight excluding hydrogens is 349 g/mol. The van der Waals surface area contributed by atoms with Gasteiger partial charge in [0.25, 0.3) is 0 Å². The van der Waals surface area contributed by atoms with Crippen molar-refractivity contribution in [3.63, 3.8) is 0 Å². The molecule has 8 heteroatoms. The first-order chi connectivity index (χ1) is 12.2. The lowest BCUT2D eigenvalue weighted by molar-refractivity contribution is -0.139. The summed E-state index contributed by atoms with van der Waals surface area (Å²) in [5.41, 5.74) is -0.700. The lowest BCUT2D eigenvalue weighted by Crippen LogP contribution is -2.44. The second-order valence-electron chi connectivity index (χ2n) is 6.40. The predicted octanol–water partition coefficient (Wildman–Crippen LogP) is 2.77. The third-order valence-electron chi connectivity index (χ3n) is 4.58. The SMILES string of the molecule is COCC(=O)N1CCC(C(=O)NC(C)c2ccccc2C(F)(F)F)CC1. The van der Waals surface area contributed by atoms with Gasteiger partial charge in [-0.15, -0.1) is 0 Å². The number of hydrogen-bond donors (Lipinski definition) is 1. The van der Waals surface area contributed by atoms with Gasteiger partial charge in [0.05, 0.1) is 11.6 Å². The van der Waals surface area contributed by atoms with Crippen molar-refractivity contribution in [2.45, 2.75) is 32.0 Å². The molecule has 1 aliphatic heterocycles. The molecule has 1 fully saturated rings. The number of halogens is 3. The number of carbonyl (C=O) groups is 2. The van der Waals surface area contributed by atoms with E-state index in [4.69, 9.17) is 4.74 Å². The highest BCUT2D eigenvalue weighted by Gasteiger charge is 2.35.